The number of ether oxygens (including phenoxy) is 2. The van der Waals surface area contributed by atoms with Crippen LogP contribution in [0.4, 0.5) is 0 Å². The summed E-state index contributed by atoms with van der Waals surface area (Å²) in [4.78, 5) is 10.7. The Balaban J connectivity index is 3.11. The molecule has 0 fully saturated rings. The third-order valence-corrected chi connectivity index (χ3v) is 4.47. The molecule has 0 aliphatic heterocycles. The van der Waals surface area contributed by atoms with E-state index in [1.165, 1.54) is 90.6 Å². The SMILES string of the molecule is CCCCCCCCCCCCCCCCOCC(OC)C(=O)O. The Morgan fingerprint density at radius 1 is 0.792 bits per heavy atom. The molecule has 0 spiro atoms. The zero-order chi connectivity index (χ0) is 17.9. The summed E-state index contributed by atoms with van der Waals surface area (Å²) in [6.45, 7) is 3.04. The number of rotatable bonds is 19. The summed E-state index contributed by atoms with van der Waals surface area (Å²) in [5, 5.41) is 8.79. The van der Waals surface area contributed by atoms with E-state index in [4.69, 9.17) is 14.6 Å². The smallest absolute Gasteiger partial charge is 0.335 e. The first kappa shape index (κ1) is 23.4. The molecule has 0 aromatic rings. The third-order valence-electron chi connectivity index (χ3n) is 4.47. The van der Waals surface area contributed by atoms with Crippen molar-refractivity contribution in [3.8, 4) is 0 Å². The van der Waals surface area contributed by atoms with Crippen molar-refractivity contribution in [2.45, 2.75) is 103 Å². The van der Waals surface area contributed by atoms with Crippen molar-refractivity contribution in [1.82, 2.24) is 0 Å². The summed E-state index contributed by atoms with van der Waals surface area (Å²) in [6, 6.07) is 0. The number of aliphatic carboxylic acids is 1. The summed E-state index contributed by atoms with van der Waals surface area (Å²) in [5.74, 6) is -0.960. The Morgan fingerprint density at radius 3 is 1.58 bits per heavy atom. The van der Waals surface area contributed by atoms with Gasteiger partial charge in [0.05, 0.1) is 6.61 Å². The molecule has 0 saturated carbocycles. The van der Waals surface area contributed by atoms with Crippen LogP contribution in [-0.4, -0.2) is 37.5 Å². The first-order chi connectivity index (χ1) is 11.7. The van der Waals surface area contributed by atoms with Crippen molar-refractivity contribution < 1.29 is 19.4 Å². The van der Waals surface area contributed by atoms with Crippen molar-refractivity contribution in [3.63, 3.8) is 0 Å². The highest BCUT2D eigenvalue weighted by Gasteiger charge is 2.15. The molecule has 0 radical (unpaired) electrons. The van der Waals surface area contributed by atoms with Crippen LogP contribution in [0.2, 0.25) is 0 Å². The van der Waals surface area contributed by atoms with E-state index in [9.17, 15) is 4.79 Å². The molecule has 0 amide bonds. The molecule has 1 N–H and O–H groups in total. The standard InChI is InChI=1S/C20H40O4/c1-3-4-5-6-7-8-9-10-11-12-13-14-15-16-17-24-18-19(23-2)20(21)22/h19H,3-18H2,1-2H3,(H,21,22). The molecule has 4 nitrogen and oxygen atoms in total. The third kappa shape index (κ3) is 16.3. The highest BCUT2D eigenvalue weighted by molar-refractivity contribution is 5.72. The lowest BCUT2D eigenvalue weighted by atomic mass is 10.0. The van der Waals surface area contributed by atoms with Gasteiger partial charge < -0.3 is 14.6 Å². The highest BCUT2D eigenvalue weighted by atomic mass is 16.5. The van der Waals surface area contributed by atoms with Crippen LogP contribution in [0.1, 0.15) is 96.8 Å². The molecule has 1 atom stereocenters. The van der Waals surface area contributed by atoms with E-state index in [1.54, 1.807) is 0 Å². The minimum atomic E-state index is -0.960. The summed E-state index contributed by atoms with van der Waals surface area (Å²) in [5.41, 5.74) is 0. The van der Waals surface area contributed by atoms with Crippen LogP contribution in [0.5, 0.6) is 0 Å². The number of methoxy groups -OCH3 is 1. The second-order valence-electron chi connectivity index (χ2n) is 6.73. The molecule has 4 heteroatoms. The molecule has 24 heavy (non-hydrogen) atoms. The Hall–Kier alpha value is -0.610. The van der Waals surface area contributed by atoms with Crippen LogP contribution < -0.4 is 0 Å². The van der Waals surface area contributed by atoms with Gasteiger partial charge in [-0.15, -0.1) is 0 Å². The lowest BCUT2D eigenvalue weighted by Gasteiger charge is -2.10. The van der Waals surface area contributed by atoms with Crippen molar-refractivity contribution in [3.05, 3.63) is 0 Å². The van der Waals surface area contributed by atoms with E-state index < -0.39 is 12.1 Å². The monoisotopic (exact) mass is 344 g/mol. The van der Waals surface area contributed by atoms with Gasteiger partial charge in [0.25, 0.3) is 0 Å². The topological polar surface area (TPSA) is 55.8 Å². The molecule has 0 saturated heterocycles. The minimum Gasteiger partial charge on any atom is -0.479 e. The number of carbonyl (C=O) groups is 1. The van der Waals surface area contributed by atoms with Gasteiger partial charge >= 0.3 is 5.97 Å². The van der Waals surface area contributed by atoms with Gasteiger partial charge in [-0.05, 0) is 6.42 Å². The van der Waals surface area contributed by atoms with E-state index in [0.717, 1.165) is 6.42 Å². The van der Waals surface area contributed by atoms with Gasteiger partial charge in [-0.25, -0.2) is 4.79 Å². The largest absolute Gasteiger partial charge is 0.479 e. The van der Waals surface area contributed by atoms with E-state index in [-0.39, 0.29) is 6.61 Å². The second kappa shape index (κ2) is 18.7. The number of carboxylic acid groups (broad SMARTS) is 1. The summed E-state index contributed by atoms with van der Waals surface area (Å²) >= 11 is 0. The molecule has 0 aliphatic carbocycles. The Kier molecular flexibility index (Phi) is 18.2. The van der Waals surface area contributed by atoms with Gasteiger partial charge in [-0.3, -0.25) is 0 Å². The predicted octanol–water partition coefficient (Wildman–Crippen LogP) is 5.58. The van der Waals surface area contributed by atoms with Gasteiger partial charge in [-0.1, -0.05) is 90.4 Å². The average molecular weight is 345 g/mol. The minimum absolute atomic E-state index is 0.143. The maximum atomic E-state index is 10.7. The first-order valence-electron chi connectivity index (χ1n) is 10.1. The van der Waals surface area contributed by atoms with Gasteiger partial charge in [0.1, 0.15) is 0 Å². The van der Waals surface area contributed by atoms with Crippen LogP contribution >= 0.6 is 0 Å². The molecular formula is C20H40O4. The zero-order valence-electron chi connectivity index (χ0n) is 16.1. The summed E-state index contributed by atoms with van der Waals surface area (Å²) < 4.78 is 10.2. The molecule has 0 aliphatic rings. The van der Waals surface area contributed by atoms with Gasteiger partial charge in [0.2, 0.25) is 0 Å². The average Bonchev–Trinajstić information content (AvgIpc) is 2.57. The van der Waals surface area contributed by atoms with Crippen LogP contribution in [0.3, 0.4) is 0 Å². The lowest BCUT2D eigenvalue weighted by molar-refractivity contribution is -0.152. The maximum absolute atomic E-state index is 10.7. The second-order valence-corrected chi connectivity index (χ2v) is 6.73. The fourth-order valence-corrected chi connectivity index (χ4v) is 2.83. The van der Waals surface area contributed by atoms with Crippen molar-refractivity contribution in [2.75, 3.05) is 20.3 Å². The molecule has 0 aromatic carbocycles. The van der Waals surface area contributed by atoms with Gasteiger partial charge in [-0.2, -0.15) is 0 Å². The molecule has 0 bridgehead atoms. The quantitative estimate of drug-likeness (QED) is 0.311. The fraction of sp³-hybridized carbons (Fsp3) is 0.950. The van der Waals surface area contributed by atoms with Crippen LogP contribution in [0.15, 0.2) is 0 Å². The van der Waals surface area contributed by atoms with E-state index in [0.29, 0.717) is 6.61 Å². The zero-order valence-corrected chi connectivity index (χ0v) is 16.1. The number of hydrogen-bond donors (Lipinski definition) is 1. The van der Waals surface area contributed by atoms with Gasteiger partial charge in [0, 0.05) is 13.7 Å². The van der Waals surface area contributed by atoms with Crippen molar-refractivity contribution in [1.29, 1.82) is 0 Å². The predicted molar refractivity (Wildman–Crippen MR) is 99.6 cm³/mol. The lowest BCUT2D eigenvalue weighted by Crippen LogP contribution is -2.28. The van der Waals surface area contributed by atoms with E-state index in [2.05, 4.69) is 6.92 Å². The Labute approximate surface area is 149 Å². The van der Waals surface area contributed by atoms with Crippen LogP contribution in [0, 0.1) is 0 Å². The van der Waals surface area contributed by atoms with E-state index >= 15 is 0 Å². The molecule has 0 rings (SSSR count). The summed E-state index contributed by atoms with van der Waals surface area (Å²) in [7, 11) is 1.40. The molecule has 0 heterocycles. The molecule has 144 valence electrons. The highest BCUT2D eigenvalue weighted by Crippen LogP contribution is 2.12. The normalized spacial score (nSPS) is 12.4. The van der Waals surface area contributed by atoms with Crippen molar-refractivity contribution >= 4 is 5.97 Å². The van der Waals surface area contributed by atoms with Crippen molar-refractivity contribution in [2.24, 2.45) is 0 Å². The first-order valence-corrected chi connectivity index (χ1v) is 10.1. The van der Waals surface area contributed by atoms with Gasteiger partial charge in [0.15, 0.2) is 6.10 Å². The number of unbranched alkanes of at least 4 members (excludes halogenated alkanes) is 13. The van der Waals surface area contributed by atoms with Crippen LogP contribution in [-0.2, 0) is 14.3 Å². The number of carboxylic acids is 1. The van der Waals surface area contributed by atoms with Crippen LogP contribution in [0.25, 0.3) is 0 Å². The number of hydrogen-bond acceptors (Lipinski definition) is 3. The Bertz CT molecular complexity index is 268. The summed E-state index contributed by atoms with van der Waals surface area (Å²) in [6.07, 6.45) is 17.9. The fourth-order valence-electron chi connectivity index (χ4n) is 2.83. The van der Waals surface area contributed by atoms with E-state index in [1.807, 2.05) is 0 Å². The molecular weight excluding hydrogens is 304 g/mol. The molecule has 0 aromatic heterocycles. The maximum Gasteiger partial charge on any atom is 0.335 e. The Morgan fingerprint density at radius 2 is 1.21 bits per heavy atom. The molecule has 1 unspecified atom stereocenters.